The number of hydrogen-bond donors (Lipinski definition) is 1. The molecule has 2 aliphatic rings. The van der Waals surface area contributed by atoms with E-state index in [9.17, 15) is 0 Å². The predicted molar refractivity (Wildman–Crippen MR) is 95.7 cm³/mol. The predicted octanol–water partition coefficient (Wildman–Crippen LogP) is 2.85. The number of aryl methyl sites for hydroxylation is 1. The highest BCUT2D eigenvalue weighted by Crippen LogP contribution is 2.26. The van der Waals surface area contributed by atoms with Crippen LogP contribution in [0.2, 0.25) is 0 Å². The first-order chi connectivity index (χ1) is 11.9. The first-order valence-electron chi connectivity index (χ1n) is 8.86. The Balaban J connectivity index is 1.35. The minimum Gasteiger partial charge on any atom is -0.381 e. The smallest absolute Gasteiger partial charge is 0.129 e. The van der Waals surface area contributed by atoms with Gasteiger partial charge in [0, 0.05) is 43.9 Å². The molecule has 1 N–H and O–H groups in total. The van der Waals surface area contributed by atoms with Gasteiger partial charge >= 0.3 is 0 Å². The summed E-state index contributed by atoms with van der Waals surface area (Å²) < 4.78 is 5.46. The van der Waals surface area contributed by atoms with Crippen molar-refractivity contribution in [3.05, 3.63) is 47.9 Å². The summed E-state index contributed by atoms with van der Waals surface area (Å²) in [5, 5.41) is 3.45. The van der Waals surface area contributed by atoms with Crippen molar-refractivity contribution in [1.82, 2.24) is 9.97 Å². The lowest BCUT2D eigenvalue weighted by molar-refractivity contribution is 0.193. The molecule has 3 heterocycles. The maximum atomic E-state index is 5.46. The molecular formula is C19H24N4O. The number of aromatic nitrogens is 2. The maximum Gasteiger partial charge on any atom is 0.129 e. The molecule has 1 aromatic heterocycles. The van der Waals surface area contributed by atoms with Gasteiger partial charge in [-0.3, -0.25) is 0 Å². The number of fused-ring (bicyclic) bond motifs is 1. The summed E-state index contributed by atoms with van der Waals surface area (Å²) in [4.78, 5) is 11.2. The van der Waals surface area contributed by atoms with Gasteiger partial charge in [-0.1, -0.05) is 18.2 Å². The summed E-state index contributed by atoms with van der Waals surface area (Å²) in [5.74, 6) is 1.33. The second kappa shape index (κ2) is 7.18. The van der Waals surface area contributed by atoms with Crippen LogP contribution < -0.4 is 10.2 Å². The van der Waals surface area contributed by atoms with Gasteiger partial charge in [0.2, 0.25) is 0 Å². The molecule has 0 radical (unpaired) electrons. The summed E-state index contributed by atoms with van der Waals surface area (Å²) in [6.07, 6.45) is 5.14. The van der Waals surface area contributed by atoms with Crippen molar-refractivity contribution < 1.29 is 4.74 Å². The average Bonchev–Trinajstić information content (AvgIpc) is 3.17. The monoisotopic (exact) mass is 324 g/mol. The number of hydrogen-bond acceptors (Lipinski definition) is 5. The van der Waals surface area contributed by atoms with Crippen molar-refractivity contribution in [2.45, 2.75) is 25.2 Å². The molecule has 1 saturated heterocycles. The molecule has 5 nitrogen and oxygen atoms in total. The van der Waals surface area contributed by atoms with Gasteiger partial charge in [0.25, 0.3) is 0 Å². The minimum atomic E-state index is 0.419. The van der Waals surface area contributed by atoms with Crippen molar-refractivity contribution in [3.8, 4) is 0 Å². The SMILES string of the molecule is c1ccc2c(c1)CCCN2CCNc1cc([C@@H]2CCOC2)ncn1. The number of rotatable bonds is 5. The summed E-state index contributed by atoms with van der Waals surface area (Å²) in [5.41, 5.74) is 3.94. The van der Waals surface area contributed by atoms with Crippen molar-refractivity contribution in [1.29, 1.82) is 0 Å². The lowest BCUT2D eigenvalue weighted by atomic mass is 10.0. The van der Waals surface area contributed by atoms with Crippen molar-refractivity contribution in [3.63, 3.8) is 0 Å². The highest BCUT2D eigenvalue weighted by atomic mass is 16.5. The van der Waals surface area contributed by atoms with Gasteiger partial charge < -0.3 is 15.0 Å². The largest absolute Gasteiger partial charge is 0.381 e. The molecule has 0 bridgehead atoms. The fraction of sp³-hybridized carbons (Fsp3) is 0.474. The molecular weight excluding hydrogens is 300 g/mol. The topological polar surface area (TPSA) is 50.3 Å². The maximum absolute atomic E-state index is 5.46. The van der Waals surface area contributed by atoms with Gasteiger partial charge in [-0.25, -0.2) is 9.97 Å². The minimum absolute atomic E-state index is 0.419. The summed E-state index contributed by atoms with van der Waals surface area (Å²) in [7, 11) is 0. The van der Waals surface area contributed by atoms with E-state index in [-0.39, 0.29) is 0 Å². The van der Waals surface area contributed by atoms with E-state index in [0.29, 0.717) is 5.92 Å². The van der Waals surface area contributed by atoms with Crippen LogP contribution in [0.25, 0.3) is 0 Å². The van der Waals surface area contributed by atoms with Gasteiger partial charge in [-0.15, -0.1) is 0 Å². The van der Waals surface area contributed by atoms with Gasteiger partial charge in [-0.2, -0.15) is 0 Å². The first-order valence-corrected chi connectivity index (χ1v) is 8.86. The van der Waals surface area contributed by atoms with E-state index in [1.54, 1.807) is 6.33 Å². The van der Waals surface area contributed by atoms with Crippen LogP contribution in [-0.2, 0) is 11.2 Å². The molecule has 1 atom stereocenters. The van der Waals surface area contributed by atoms with E-state index in [0.717, 1.165) is 50.8 Å². The normalized spacial score (nSPS) is 20.0. The third kappa shape index (κ3) is 3.36. The molecule has 0 aliphatic carbocycles. The number of nitrogens with one attached hydrogen (secondary N) is 1. The summed E-state index contributed by atoms with van der Waals surface area (Å²) in [6, 6.07) is 10.8. The number of benzene rings is 1. The van der Waals surface area contributed by atoms with E-state index in [1.165, 1.54) is 24.1 Å². The van der Waals surface area contributed by atoms with Crippen molar-refractivity contribution in [2.24, 2.45) is 0 Å². The zero-order valence-corrected chi connectivity index (χ0v) is 13.9. The lowest BCUT2D eigenvalue weighted by Crippen LogP contribution is -2.33. The molecule has 0 amide bonds. The molecule has 0 unspecified atom stereocenters. The molecule has 1 fully saturated rings. The van der Waals surface area contributed by atoms with Crippen LogP contribution in [-0.4, -0.2) is 42.8 Å². The summed E-state index contributed by atoms with van der Waals surface area (Å²) >= 11 is 0. The number of anilines is 2. The van der Waals surface area contributed by atoms with Crippen LogP contribution in [0.5, 0.6) is 0 Å². The third-order valence-electron chi connectivity index (χ3n) is 4.93. The molecule has 126 valence electrons. The molecule has 2 aromatic rings. The molecule has 0 spiro atoms. The highest BCUT2D eigenvalue weighted by Gasteiger charge is 2.19. The molecule has 2 aliphatic heterocycles. The average molecular weight is 324 g/mol. The zero-order chi connectivity index (χ0) is 16.2. The first kappa shape index (κ1) is 15.4. The second-order valence-electron chi connectivity index (χ2n) is 6.53. The van der Waals surface area contributed by atoms with Gasteiger partial charge in [0.15, 0.2) is 0 Å². The molecule has 1 aromatic carbocycles. The Bertz CT molecular complexity index is 685. The van der Waals surface area contributed by atoms with Crippen LogP contribution in [0.3, 0.4) is 0 Å². The third-order valence-corrected chi connectivity index (χ3v) is 4.93. The lowest BCUT2D eigenvalue weighted by Gasteiger charge is -2.31. The Kier molecular flexibility index (Phi) is 4.60. The van der Waals surface area contributed by atoms with Gasteiger partial charge in [-0.05, 0) is 30.9 Å². The van der Waals surface area contributed by atoms with E-state index >= 15 is 0 Å². The van der Waals surface area contributed by atoms with Crippen molar-refractivity contribution >= 4 is 11.5 Å². The van der Waals surface area contributed by atoms with Crippen LogP contribution >= 0.6 is 0 Å². The second-order valence-corrected chi connectivity index (χ2v) is 6.53. The van der Waals surface area contributed by atoms with Crippen LogP contribution in [0.15, 0.2) is 36.7 Å². The van der Waals surface area contributed by atoms with E-state index < -0.39 is 0 Å². The summed E-state index contributed by atoms with van der Waals surface area (Å²) in [6.45, 7) is 4.62. The van der Waals surface area contributed by atoms with E-state index in [2.05, 4.69) is 50.5 Å². The van der Waals surface area contributed by atoms with Crippen LogP contribution in [0.1, 0.15) is 30.0 Å². The number of para-hydroxylation sites is 1. The Morgan fingerprint density at radius 1 is 1.25 bits per heavy atom. The fourth-order valence-corrected chi connectivity index (χ4v) is 3.62. The van der Waals surface area contributed by atoms with Gasteiger partial charge in [0.1, 0.15) is 12.1 Å². The fourth-order valence-electron chi connectivity index (χ4n) is 3.62. The highest BCUT2D eigenvalue weighted by molar-refractivity contribution is 5.55. The molecule has 5 heteroatoms. The van der Waals surface area contributed by atoms with Crippen LogP contribution in [0.4, 0.5) is 11.5 Å². The van der Waals surface area contributed by atoms with E-state index in [4.69, 9.17) is 4.74 Å². The Morgan fingerprint density at radius 3 is 3.12 bits per heavy atom. The molecule has 0 saturated carbocycles. The van der Waals surface area contributed by atoms with Crippen molar-refractivity contribution in [2.75, 3.05) is 43.1 Å². The standard InChI is InChI=1S/C19H24N4O/c1-2-6-18-15(4-1)5-3-9-23(18)10-8-20-19-12-17(21-14-22-19)16-7-11-24-13-16/h1-2,4,6,12,14,16H,3,5,7-11,13H2,(H,20,21,22)/t16-/m1/s1. The number of nitrogens with zero attached hydrogens (tertiary/aromatic N) is 3. The number of ether oxygens (including phenoxy) is 1. The Hall–Kier alpha value is -2.14. The Labute approximate surface area is 143 Å². The zero-order valence-electron chi connectivity index (χ0n) is 13.9. The molecule has 4 rings (SSSR count). The van der Waals surface area contributed by atoms with E-state index in [1.807, 2.05) is 0 Å². The van der Waals surface area contributed by atoms with Crippen LogP contribution in [0, 0.1) is 0 Å². The van der Waals surface area contributed by atoms with Gasteiger partial charge in [0.05, 0.1) is 12.3 Å². The Morgan fingerprint density at radius 2 is 2.21 bits per heavy atom. The quantitative estimate of drug-likeness (QED) is 0.916. The molecule has 24 heavy (non-hydrogen) atoms.